The van der Waals surface area contributed by atoms with Gasteiger partial charge >= 0.3 is 0 Å². The molecule has 7 heteroatoms. The molecule has 1 amide bonds. The largest absolute Gasteiger partial charge is 0.352 e. The fourth-order valence-electron chi connectivity index (χ4n) is 2.81. The van der Waals surface area contributed by atoms with E-state index in [1.807, 2.05) is 37.7 Å². The lowest BCUT2D eigenvalue weighted by Gasteiger charge is -2.08. The molecule has 2 aromatic heterocycles. The van der Waals surface area contributed by atoms with E-state index in [-0.39, 0.29) is 5.91 Å². The molecule has 0 atom stereocenters. The zero-order chi connectivity index (χ0) is 18.5. The van der Waals surface area contributed by atoms with Crippen LogP contribution in [0, 0.1) is 13.8 Å². The Bertz CT molecular complexity index is 904. The predicted molar refractivity (Wildman–Crippen MR) is 100 cm³/mol. The van der Waals surface area contributed by atoms with E-state index in [9.17, 15) is 4.79 Å². The van der Waals surface area contributed by atoms with Crippen molar-refractivity contribution >= 4 is 17.5 Å². The summed E-state index contributed by atoms with van der Waals surface area (Å²) in [6.07, 6.45) is 4.08. The Morgan fingerprint density at radius 1 is 1.15 bits per heavy atom. The van der Waals surface area contributed by atoms with Gasteiger partial charge < -0.3 is 10.6 Å². The second kappa shape index (κ2) is 7.77. The number of aryl methyl sites for hydroxylation is 2. The molecule has 0 aliphatic rings. The van der Waals surface area contributed by atoms with Gasteiger partial charge in [-0.25, -0.2) is 9.97 Å². The van der Waals surface area contributed by atoms with Crippen LogP contribution in [0.2, 0.25) is 0 Å². The number of benzene rings is 1. The SMILES string of the molecule is Cc1nn(C)c(C)c1CCNC(=O)c1cccc(Nc2ncccn2)c1. The number of rotatable bonds is 6. The van der Waals surface area contributed by atoms with Crippen LogP contribution >= 0.6 is 0 Å². The number of carbonyl (C=O) groups is 1. The van der Waals surface area contributed by atoms with E-state index in [2.05, 4.69) is 25.7 Å². The third-order valence-corrected chi connectivity index (χ3v) is 4.27. The molecular weight excluding hydrogens is 328 g/mol. The summed E-state index contributed by atoms with van der Waals surface area (Å²) in [5.41, 5.74) is 4.68. The van der Waals surface area contributed by atoms with Crippen molar-refractivity contribution in [1.29, 1.82) is 0 Å². The van der Waals surface area contributed by atoms with Gasteiger partial charge in [-0.3, -0.25) is 9.48 Å². The number of hydrogen-bond donors (Lipinski definition) is 2. The Morgan fingerprint density at radius 3 is 2.62 bits per heavy atom. The lowest BCUT2D eigenvalue weighted by atomic mass is 10.1. The summed E-state index contributed by atoms with van der Waals surface area (Å²) in [7, 11) is 1.93. The van der Waals surface area contributed by atoms with E-state index in [1.165, 1.54) is 5.56 Å². The summed E-state index contributed by atoms with van der Waals surface area (Å²) in [5.74, 6) is 0.384. The van der Waals surface area contributed by atoms with Gasteiger partial charge in [-0.05, 0) is 50.1 Å². The molecule has 2 heterocycles. The highest BCUT2D eigenvalue weighted by molar-refractivity contribution is 5.95. The minimum absolute atomic E-state index is 0.109. The summed E-state index contributed by atoms with van der Waals surface area (Å²) in [6, 6.07) is 9.02. The van der Waals surface area contributed by atoms with Gasteiger partial charge in [0, 0.05) is 42.9 Å². The molecule has 0 saturated carbocycles. The number of carbonyl (C=O) groups excluding carboxylic acids is 1. The van der Waals surface area contributed by atoms with E-state index in [4.69, 9.17) is 0 Å². The molecule has 0 bridgehead atoms. The van der Waals surface area contributed by atoms with Gasteiger partial charge in [0.2, 0.25) is 5.95 Å². The van der Waals surface area contributed by atoms with Crippen molar-refractivity contribution in [3.8, 4) is 0 Å². The Morgan fingerprint density at radius 2 is 1.92 bits per heavy atom. The Balaban J connectivity index is 1.60. The van der Waals surface area contributed by atoms with Gasteiger partial charge in [0.1, 0.15) is 0 Å². The lowest BCUT2D eigenvalue weighted by Crippen LogP contribution is -2.26. The summed E-state index contributed by atoms with van der Waals surface area (Å²) in [4.78, 5) is 20.7. The second-order valence-electron chi connectivity index (χ2n) is 6.06. The Labute approximate surface area is 152 Å². The first-order valence-corrected chi connectivity index (χ1v) is 8.46. The number of hydrogen-bond acceptors (Lipinski definition) is 5. The highest BCUT2D eigenvalue weighted by atomic mass is 16.1. The summed E-state index contributed by atoms with van der Waals surface area (Å²) in [6.45, 7) is 4.59. The van der Waals surface area contributed by atoms with E-state index in [0.29, 0.717) is 18.1 Å². The topological polar surface area (TPSA) is 84.7 Å². The molecule has 134 valence electrons. The molecule has 7 nitrogen and oxygen atoms in total. The quantitative estimate of drug-likeness (QED) is 0.714. The number of anilines is 2. The zero-order valence-electron chi connectivity index (χ0n) is 15.2. The van der Waals surface area contributed by atoms with Crippen LogP contribution in [0.15, 0.2) is 42.7 Å². The minimum atomic E-state index is -0.109. The van der Waals surface area contributed by atoms with Crippen LogP contribution in [0.3, 0.4) is 0 Å². The second-order valence-corrected chi connectivity index (χ2v) is 6.06. The van der Waals surface area contributed by atoms with Crippen molar-refractivity contribution in [2.24, 2.45) is 7.05 Å². The molecule has 1 aromatic carbocycles. The van der Waals surface area contributed by atoms with Gasteiger partial charge in [0.25, 0.3) is 5.91 Å². The first-order valence-electron chi connectivity index (χ1n) is 8.46. The smallest absolute Gasteiger partial charge is 0.251 e. The Kier molecular flexibility index (Phi) is 5.26. The van der Waals surface area contributed by atoms with Gasteiger partial charge in [-0.15, -0.1) is 0 Å². The molecule has 26 heavy (non-hydrogen) atoms. The van der Waals surface area contributed by atoms with Crippen molar-refractivity contribution in [2.45, 2.75) is 20.3 Å². The third-order valence-electron chi connectivity index (χ3n) is 4.27. The summed E-state index contributed by atoms with van der Waals surface area (Å²) in [5, 5.41) is 10.5. The fourth-order valence-corrected chi connectivity index (χ4v) is 2.81. The van der Waals surface area contributed by atoms with E-state index >= 15 is 0 Å². The average molecular weight is 350 g/mol. The molecule has 0 aliphatic carbocycles. The molecular formula is C19H22N6O. The van der Waals surface area contributed by atoms with Crippen LogP contribution in [0.5, 0.6) is 0 Å². The molecule has 0 aliphatic heterocycles. The van der Waals surface area contributed by atoms with Crippen molar-refractivity contribution in [1.82, 2.24) is 25.1 Å². The molecule has 2 N–H and O–H groups in total. The van der Waals surface area contributed by atoms with Crippen molar-refractivity contribution < 1.29 is 4.79 Å². The number of nitrogens with zero attached hydrogens (tertiary/aromatic N) is 4. The summed E-state index contributed by atoms with van der Waals surface area (Å²) < 4.78 is 1.87. The first kappa shape index (κ1) is 17.6. The van der Waals surface area contributed by atoms with Gasteiger partial charge in [0.05, 0.1) is 5.69 Å². The van der Waals surface area contributed by atoms with Crippen LogP contribution in [0.25, 0.3) is 0 Å². The van der Waals surface area contributed by atoms with E-state index in [1.54, 1.807) is 30.6 Å². The van der Waals surface area contributed by atoms with Gasteiger partial charge in [0.15, 0.2) is 0 Å². The predicted octanol–water partition coefficient (Wildman–Crippen LogP) is 2.54. The van der Waals surface area contributed by atoms with E-state index in [0.717, 1.165) is 23.5 Å². The van der Waals surface area contributed by atoms with E-state index < -0.39 is 0 Å². The fraction of sp³-hybridized carbons (Fsp3) is 0.263. The number of amides is 1. The van der Waals surface area contributed by atoms with Gasteiger partial charge in [-0.2, -0.15) is 5.10 Å². The van der Waals surface area contributed by atoms with Gasteiger partial charge in [-0.1, -0.05) is 6.07 Å². The molecule has 0 radical (unpaired) electrons. The molecule has 0 spiro atoms. The lowest BCUT2D eigenvalue weighted by molar-refractivity contribution is 0.0954. The van der Waals surface area contributed by atoms with Crippen LogP contribution in [-0.2, 0) is 13.5 Å². The third kappa shape index (κ3) is 4.05. The van der Waals surface area contributed by atoms with Crippen molar-refractivity contribution in [2.75, 3.05) is 11.9 Å². The van der Waals surface area contributed by atoms with Crippen molar-refractivity contribution in [3.05, 3.63) is 65.2 Å². The molecule has 0 unspecified atom stereocenters. The van der Waals surface area contributed by atoms with Crippen LogP contribution in [0.4, 0.5) is 11.6 Å². The first-order chi connectivity index (χ1) is 12.5. The normalized spacial score (nSPS) is 10.6. The van der Waals surface area contributed by atoms with Crippen LogP contribution < -0.4 is 10.6 Å². The summed E-state index contributed by atoms with van der Waals surface area (Å²) >= 11 is 0. The monoisotopic (exact) mass is 350 g/mol. The Hall–Kier alpha value is -3.22. The van der Waals surface area contributed by atoms with Crippen LogP contribution in [0.1, 0.15) is 27.3 Å². The maximum Gasteiger partial charge on any atom is 0.251 e. The van der Waals surface area contributed by atoms with Crippen LogP contribution in [-0.4, -0.2) is 32.2 Å². The number of aromatic nitrogens is 4. The molecule has 0 saturated heterocycles. The molecule has 3 aromatic rings. The maximum absolute atomic E-state index is 12.4. The minimum Gasteiger partial charge on any atom is -0.352 e. The molecule has 3 rings (SSSR count). The highest BCUT2D eigenvalue weighted by Gasteiger charge is 2.11. The average Bonchev–Trinajstić information content (AvgIpc) is 2.88. The number of nitrogens with one attached hydrogen (secondary N) is 2. The highest BCUT2D eigenvalue weighted by Crippen LogP contribution is 2.15. The maximum atomic E-state index is 12.4. The van der Waals surface area contributed by atoms with Crippen molar-refractivity contribution in [3.63, 3.8) is 0 Å². The molecule has 0 fully saturated rings. The zero-order valence-corrected chi connectivity index (χ0v) is 15.2. The standard InChI is InChI=1S/C19H22N6O/c1-13-17(14(2)25(3)24-13)8-11-20-18(26)15-6-4-7-16(12-15)23-19-21-9-5-10-22-19/h4-7,9-10,12H,8,11H2,1-3H3,(H,20,26)(H,21,22,23).